The van der Waals surface area contributed by atoms with E-state index in [-0.39, 0.29) is 36.2 Å². The minimum Gasteiger partial charge on any atom is -0.327 e. The van der Waals surface area contributed by atoms with Crippen LogP contribution in [0, 0.1) is 12.8 Å². The molecule has 1 aliphatic carbocycles. The maximum atomic E-state index is 12.4. The molecule has 0 spiro atoms. The van der Waals surface area contributed by atoms with E-state index in [2.05, 4.69) is 10.6 Å². The molecule has 1 fully saturated rings. The molecule has 0 saturated heterocycles. The van der Waals surface area contributed by atoms with Crippen LogP contribution in [0.1, 0.15) is 41.6 Å². The van der Waals surface area contributed by atoms with Gasteiger partial charge in [0.15, 0.2) is 0 Å². The SMILES string of the molecule is Cc1c(NC(=O)C[C@@H]2CCC[C@H]2N)cccc1NC(=O)c1ccccc1.Cl. The lowest BCUT2D eigenvalue weighted by atomic mass is 9.99. The number of nitrogens with two attached hydrogens (primary N) is 1. The summed E-state index contributed by atoms with van der Waals surface area (Å²) in [5.74, 6) is 0.0624. The second-order valence-electron chi connectivity index (χ2n) is 6.91. The zero-order valence-corrected chi connectivity index (χ0v) is 16.2. The molecule has 0 aliphatic heterocycles. The van der Waals surface area contributed by atoms with Crippen molar-refractivity contribution in [1.82, 2.24) is 0 Å². The molecule has 2 aromatic carbocycles. The predicted octanol–water partition coefficient (Wildman–Crippen LogP) is 4.13. The van der Waals surface area contributed by atoms with E-state index in [0.29, 0.717) is 23.4 Å². The summed E-state index contributed by atoms with van der Waals surface area (Å²) in [5, 5.41) is 5.88. The monoisotopic (exact) mass is 387 g/mol. The van der Waals surface area contributed by atoms with Crippen LogP contribution in [0.3, 0.4) is 0 Å². The number of amides is 2. The Morgan fingerprint density at radius 3 is 2.30 bits per heavy atom. The first-order valence-corrected chi connectivity index (χ1v) is 9.06. The molecule has 144 valence electrons. The Labute approximate surface area is 166 Å². The number of benzene rings is 2. The van der Waals surface area contributed by atoms with Gasteiger partial charge in [0, 0.05) is 29.4 Å². The number of carbonyl (C=O) groups excluding carboxylic acids is 2. The largest absolute Gasteiger partial charge is 0.327 e. The first kappa shape index (κ1) is 20.9. The quantitative estimate of drug-likeness (QED) is 0.721. The third kappa shape index (κ3) is 5.31. The molecule has 2 amide bonds. The first-order valence-electron chi connectivity index (χ1n) is 9.06. The van der Waals surface area contributed by atoms with Crippen LogP contribution in [0.5, 0.6) is 0 Å². The number of hydrogen-bond acceptors (Lipinski definition) is 3. The van der Waals surface area contributed by atoms with Gasteiger partial charge < -0.3 is 16.4 Å². The van der Waals surface area contributed by atoms with Crippen molar-refractivity contribution >= 4 is 35.6 Å². The summed E-state index contributed by atoms with van der Waals surface area (Å²) < 4.78 is 0. The second kappa shape index (κ2) is 9.53. The molecule has 0 radical (unpaired) electrons. The van der Waals surface area contributed by atoms with E-state index in [0.717, 1.165) is 24.8 Å². The lowest BCUT2D eigenvalue weighted by Crippen LogP contribution is -2.28. The highest BCUT2D eigenvalue weighted by molar-refractivity contribution is 6.05. The number of rotatable bonds is 5. The van der Waals surface area contributed by atoms with Crippen LogP contribution in [-0.2, 0) is 4.79 Å². The van der Waals surface area contributed by atoms with Crippen LogP contribution in [-0.4, -0.2) is 17.9 Å². The highest BCUT2D eigenvalue weighted by atomic mass is 35.5. The minimum absolute atomic E-state index is 0. The summed E-state index contributed by atoms with van der Waals surface area (Å²) in [7, 11) is 0. The summed E-state index contributed by atoms with van der Waals surface area (Å²) >= 11 is 0. The maximum absolute atomic E-state index is 12.4. The Kier molecular flexibility index (Phi) is 7.39. The van der Waals surface area contributed by atoms with Crippen molar-refractivity contribution in [3.8, 4) is 0 Å². The number of nitrogens with one attached hydrogen (secondary N) is 2. The smallest absolute Gasteiger partial charge is 0.255 e. The second-order valence-corrected chi connectivity index (χ2v) is 6.91. The minimum atomic E-state index is -0.172. The molecular weight excluding hydrogens is 362 g/mol. The van der Waals surface area contributed by atoms with Crippen molar-refractivity contribution < 1.29 is 9.59 Å². The van der Waals surface area contributed by atoms with E-state index in [1.807, 2.05) is 43.3 Å². The molecule has 4 N–H and O–H groups in total. The van der Waals surface area contributed by atoms with Crippen molar-refractivity contribution in [2.24, 2.45) is 11.7 Å². The van der Waals surface area contributed by atoms with Gasteiger partial charge in [-0.05, 0) is 55.5 Å². The normalized spacial score (nSPS) is 18.4. The van der Waals surface area contributed by atoms with Crippen LogP contribution in [0.15, 0.2) is 48.5 Å². The first-order chi connectivity index (χ1) is 12.5. The average molecular weight is 388 g/mol. The molecule has 1 saturated carbocycles. The molecular formula is C21H26ClN3O2. The van der Waals surface area contributed by atoms with Gasteiger partial charge in [0.2, 0.25) is 5.91 Å². The van der Waals surface area contributed by atoms with Gasteiger partial charge in [-0.2, -0.15) is 0 Å². The van der Waals surface area contributed by atoms with E-state index >= 15 is 0 Å². The Bertz CT molecular complexity index is 795. The summed E-state index contributed by atoms with van der Waals surface area (Å²) in [6.45, 7) is 1.89. The number of halogens is 1. The van der Waals surface area contributed by atoms with E-state index in [9.17, 15) is 9.59 Å². The van der Waals surface area contributed by atoms with Crippen LogP contribution in [0.2, 0.25) is 0 Å². The molecule has 0 unspecified atom stereocenters. The van der Waals surface area contributed by atoms with Gasteiger partial charge in [0.05, 0.1) is 0 Å². The maximum Gasteiger partial charge on any atom is 0.255 e. The zero-order valence-electron chi connectivity index (χ0n) is 15.4. The number of hydrogen-bond donors (Lipinski definition) is 3. The Morgan fingerprint density at radius 2 is 1.67 bits per heavy atom. The summed E-state index contributed by atoms with van der Waals surface area (Å²) in [5.41, 5.74) is 8.89. The van der Waals surface area contributed by atoms with Gasteiger partial charge in [-0.15, -0.1) is 12.4 Å². The van der Waals surface area contributed by atoms with Gasteiger partial charge in [-0.1, -0.05) is 30.7 Å². The fourth-order valence-corrected chi connectivity index (χ4v) is 3.45. The van der Waals surface area contributed by atoms with Gasteiger partial charge in [0.25, 0.3) is 5.91 Å². The van der Waals surface area contributed by atoms with Gasteiger partial charge in [-0.25, -0.2) is 0 Å². The lowest BCUT2D eigenvalue weighted by Gasteiger charge is -2.17. The van der Waals surface area contributed by atoms with E-state index in [1.165, 1.54) is 0 Å². The van der Waals surface area contributed by atoms with E-state index in [1.54, 1.807) is 12.1 Å². The predicted molar refractivity (Wildman–Crippen MR) is 111 cm³/mol. The van der Waals surface area contributed by atoms with Crippen molar-refractivity contribution in [3.05, 3.63) is 59.7 Å². The molecule has 2 aromatic rings. The molecule has 3 rings (SSSR count). The fourth-order valence-electron chi connectivity index (χ4n) is 3.45. The summed E-state index contributed by atoms with van der Waals surface area (Å²) in [6, 6.07) is 14.7. The molecule has 27 heavy (non-hydrogen) atoms. The Hall–Kier alpha value is -2.37. The average Bonchev–Trinajstić information content (AvgIpc) is 3.04. The number of carbonyl (C=O) groups is 2. The lowest BCUT2D eigenvalue weighted by molar-refractivity contribution is -0.117. The Balaban J connectivity index is 0.00000261. The molecule has 0 bridgehead atoms. The Morgan fingerprint density at radius 1 is 1.00 bits per heavy atom. The zero-order chi connectivity index (χ0) is 18.5. The standard InChI is InChI=1S/C21H25N3O2.ClH/c1-14-18(23-20(25)13-16-9-5-10-17(16)22)11-6-12-19(14)24-21(26)15-7-3-2-4-8-15;/h2-4,6-8,11-12,16-17H,5,9-10,13,22H2,1H3,(H,23,25)(H,24,26);1H/t16-,17+;/m0./s1. The van der Waals surface area contributed by atoms with Gasteiger partial charge >= 0.3 is 0 Å². The molecule has 2 atom stereocenters. The van der Waals surface area contributed by atoms with Gasteiger partial charge in [-0.3, -0.25) is 9.59 Å². The molecule has 6 heteroatoms. The van der Waals surface area contributed by atoms with Gasteiger partial charge in [0.1, 0.15) is 0 Å². The van der Waals surface area contributed by atoms with Crippen LogP contribution >= 0.6 is 12.4 Å². The van der Waals surface area contributed by atoms with Crippen molar-refractivity contribution in [2.75, 3.05) is 10.6 Å². The molecule has 0 aromatic heterocycles. The van der Waals surface area contributed by atoms with Crippen molar-refractivity contribution in [3.63, 3.8) is 0 Å². The number of anilines is 2. The summed E-state index contributed by atoms with van der Waals surface area (Å²) in [4.78, 5) is 24.7. The molecule has 1 aliphatic rings. The molecule has 5 nitrogen and oxygen atoms in total. The van der Waals surface area contributed by atoms with Crippen molar-refractivity contribution in [2.45, 2.75) is 38.6 Å². The van der Waals surface area contributed by atoms with Crippen molar-refractivity contribution in [1.29, 1.82) is 0 Å². The third-order valence-electron chi connectivity index (χ3n) is 5.06. The van der Waals surface area contributed by atoms with E-state index < -0.39 is 0 Å². The van der Waals surface area contributed by atoms with E-state index in [4.69, 9.17) is 5.73 Å². The van der Waals surface area contributed by atoms with Crippen LogP contribution < -0.4 is 16.4 Å². The van der Waals surface area contributed by atoms with Crippen LogP contribution in [0.25, 0.3) is 0 Å². The highest BCUT2D eigenvalue weighted by Gasteiger charge is 2.26. The fraction of sp³-hybridized carbons (Fsp3) is 0.333. The van der Waals surface area contributed by atoms with Crippen LogP contribution in [0.4, 0.5) is 11.4 Å². The molecule has 0 heterocycles. The third-order valence-corrected chi connectivity index (χ3v) is 5.06. The summed E-state index contributed by atoms with van der Waals surface area (Å²) in [6.07, 6.45) is 3.55. The topological polar surface area (TPSA) is 84.2 Å². The highest BCUT2D eigenvalue weighted by Crippen LogP contribution is 2.28.